The van der Waals surface area contributed by atoms with Crippen molar-refractivity contribution >= 4 is 54.0 Å². The van der Waals surface area contributed by atoms with Gasteiger partial charge in [0.1, 0.15) is 10.3 Å². The second-order valence-electron chi connectivity index (χ2n) is 8.66. The predicted octanol–water partition coefficient (Wildman–Crippen LogP) is 4.34. The molecule has 5 rings (SSSR count). The Balaban J connectivity index is 1.52. The highest BCUT2D eigenvalue weighted by atomic mass is 32.2. The molecule has 2 saturated heterocycles. The zero-order valence-corrected chi connectivity index (χ0v) is 21.1. The Bertz CT molecular complexity index is 1220. The highest BCUT2D eigenvalue weighted by molar-refractivity contribution is 7.91. The minimum Gasteiger partial charge on any atom is -0.376 e. The van der Waals surface area contributed by atoms with Crippen LogP contribution in [-0.2, 0) is 19.6 Å². The molecule has 1 amide bonds. The summed E-state index contributed by atoms with van der Waals surface area (Å²) in [5.74, 6) is -0.211. The molecule has 0 N–H and O–H groups in total. The number of fused-ring (bicyclic) bond motifs is 1. The summed E-state index contributed by atoms with van der Waals surface area (Å²) in [7, 11) is -3.71. The fraction of sp³-hybridized carbons (Fsp3) is 0.478. The Hall–Kier alpha value is -1.85. The molecule has 0 bridgehead atoms. The third-order valence-electron chi connectivity index (χ3n) is 6.38. The topological polar surface area (TPSA) is 79.8 Å². The molecule has 2 unspecified atom stereocenters. The molecule has 2 atom stereocenters. The summed E-state index contributed by atoms with van der Waals surface area (Å²) in [6, 6.07) is 6.70. The zero-order chi connectivity index (χ0) is 23.2. The van der Waals surface area contributed by atoms with Crippen molar-refractivity contribution in [1.29, 1.82) is 0 Å². The Kier molecular flexibility index (Phi) is 6.30. The summed E-state index contributed by atoms with van der Waals surface area (Å²) in [5, 5.41) is 2.36. The van der Waals surface area contributed by atoms with Crippen LogP contribution in [-0.4, -0.2) is 55.5 Å². The number of anilines is 1. The second-order valence-corrected chi connectivity index (χ2v) is 12.7. The van der Waals surface area contributed by atoms with Gasteiger partial charge in [0.25, 0.3) is 10.0 Å². The van der Waals surface area contributed by atoms with E-state index in [-0.39, 0.29) is 16.2 Å². The average Bonchev–Trinajstić information content (AvgIpc) is 3.60. The Morgan fingerprint density at radius 2 is 2.03 bits per heavy atom. The molecule has 4 heterocycles. The van der Waals surface area contributed by atoms with E-state index in [1.165, 1.54) is 27.0 Å². The number of benzene rings is 1. The maximum atomic E-state index is 13.9. The highest BCUT2D eigenvalue weighted by Gasteiger charge is 2.43. The quantitative estimate of drug-likeness (QED) is 0.498. The molecule has 2 fully saturated rings. The first-order chi connectivity index (χ1) is 15.9. The molecule has 3 aromatic rings. The molecule has 0 aliphatic carbocycles. The van der Waals surface area contributed by atoms with Crippen molar-refractivity contribution in [3.8, 4) is 0 Å². The zero-order valence-electron chi connectivity index (χ0n) is 18.7. The van der Waals surface area contributed by atoms with Gasteiger partial charge in [-0.1, -0.05) is 29.5 Å². The normalized spacial score (nSPS) is 21.8. The molecule has 0 spiro atoms. The van der Waals surface area contributed by atoms with Gasteiger partial charge in [-0.25, -0.2) is 13.4 Å². The van der Waals surface area contributed by atoms with Gasteiger partial charge >= 0.3 is 0 Å². The lowest BCUT2D eigenvalue weighted by atomic mass is 10.1. The van der Waals surface area contributed by atoms with Crippen LogP contribution in [0.15, 0.2) is 33.9 Å². The van der Waals surface area contributed by atoms with E-state index in [0.29, 0.717) is 37.7 Å². The van der Waals surface area contributed by atoms with Gasteiger partial charge in [0.05, 0.1) is 22.9 Å². The van der Waals surface area contributed by atoms with Crippen LogP contribution < -0.4 is 4.90 Å². The predicted molar refractivity (Wildman–Crippen MR) is 132 cm³/mol. The van der Waals surface area contributed by atoms with E-state index in [4.69, 9.17) is 9.72 Å². The first-order valence-electron chi connectivity index (χ1n) is 11.2. The van der Waals surface area contributed by atoms with Crippen LogP contribution in [0.25, 0.3) is 10.2 Å². The smallest absolute Gasteiger partial charge is 0.253 e. The lowest BCUT2D eigenvalue weighted by Gasteiger charge is -2.29. The van der Waals surface area contributed by atoms with Crippen molar-refractivity contribution in [2.45, 2.75) is 55.9 Å². The van der Waals surface area contributed by atoms with Gasteiger partial charge in [-0.3, -0.25) is 9.69 Å². The van der Waals surface area contributed by atoms with Gasteiger partial charge in [-0.15, -0.1) is 11.3 Å². The molecule has 0 radical (unpaired) electrons. The molecule has 0 saturated carbocycles. The lowest BCUT2D eigenvalue weighted by molar-refractivity contribution is -0.122. The molecule has 176 valence electrons. The highest BCUT2D eigenvalue weighted by Crippen LogP contribution is 2.36. The van der Waals surface area contributed by atoms with Crippen LogP contribution in [0.1, 0.15) is 36.8 Å². The maximum absolute atomic E-state index is 13.9. The number of hydrogen-bond acceptors (Lipinski definition) is 7. The van der Waals surface area contributed by atoms with E-state index in [2.05, 4.69) is 6.07 Å². The number of carbonyl (C=O) groups is 1. The standard InChI is InChI=1S/C23H27N3O4S3/c1-15-9-10-16(2)21-20(15)24-23(32-21)25(14-17-6-4-12-30-17)22(27)18-7-3-11-26(18)33(28,29)19-8-5-13-31-19/h5,8-10,13,17-18H,3-4,6-7,11-12,14H2,1-2H3. The molecule has 2 aliphatic heterocycles. The molecular formula is C23H27N3O4S3. The number of ether oxygens (including phenoxy) is 1. The fourth-order valence-corrected chi connectivity index (χ4v) is 8.50. The summed E-state index contributed by atoms with van der Waals surface area (Å²) in [5.41, 5.74) is 3.08. The minimum atomic E-state index is -3.71. The molecule has 2 aromatic heterocycles. The molecular weight excluding hydrogens is 478 g/mol. The van der Waals surface area contributed by atoms with E-state index < -0.39 is 16.1 Å². The van der Waals surface area contributed by atoms with Crippen molar-refractivity contribution in [3.05, 3.63) is 40.8 Å². The van der Waals surface area contributed by atoms with Crippen LogP contribution in [0, 0.1) is 13.8 Å². The largest absolute Gasteiger partial charge is 0.376 e. The molecule has 33 heavy (non-hydrogen) atoms. The Morgan fingerprint density at radius 1 is 1.21 bits per heavy atom. The second kappa shape index (κ2) is 9.07. The maximum Gasteiger partial charge on any atom is 0.253 e. The number of hydrogen-bond donors (Lipinski definition) is 0. The number of aryl methyl sites for hydroxylation is 2. The number of nitrogens with zero attached hydrogens (tertiary/aromatic N) is 3. The van der Waals surface area contributed by atoms with E-state index in [1.54, 1.807) is 22.4 Å². The first-order valence-corrected chi connectivity index (χ1v) is 14.3. The van der Waals surface area contributed by atoms with Gasteiger partial charge in [0.15, 0.2) is 5.13 Å². The molecule has 7 nitrogen and oxygen atoms in total. The van der Waals surface area contributed by atoms with Gasteiger partial charge < -0.3 is 4.74 Å². The van der Waals surface area contributed by atoms with E-state index in [9.17, 15) is 13.2 Å². The first kappa shape index (κ1) is 22.9. The van der Waals surface area contributed by atoms with E-state index >= 15 is 0 Å². The van der Waals surface area contributed by atoms with E-state index in [0.717, 1.165) is 34.2 Å². The third-order valence-corrected chi connectivity index (χ3v) is 10.9. The number of rotatable bonds is 6. The third kappa shape index (κ3) is 4.23. The Morgan fingerprint density at radius 3 is 2.73 bits per heavy atom. The van der Waals surface area contributed by atoms with Crippen molar-refractivity contribution in [1.82, 2.24) is 9.29 Å². The lowest BCUT2D eigenvalue weighted by Crippen LogP contribution is -2.49. The van der Waals surface area contributed by atoms with Crippen LogP contribution >= 0.6 is 22.7 Å². The number of aromatic nitrogens is 1. The number of thiophene rings is 1. The average molecular weight is 506 g/mol. The Labute approximate surface area is 202 Å². The van der Waals surface area contributed by atoms with Crippen molar-refractivity contribution in [3.63, 3.8) is 0 Å². The van der Waals surface area contributed by atoms with Crippen molar-refractivity contribution in [2.75, 3.05) is 24.6 Å². The number of amides is 1. The fourth-order valence-electron chi connectivity index (χ4n) is 4.60. The summed E-state index contributed by atoms with van der Waals surface area (Å²) < 4.78 is 35.1. The summed E-state index contributed by atoms with van der Waals surface area (Å²) in [4.78, 5) is 20.5. The summed E-state index contributed by atoms with van der Waals surface area (Å²) in [6.45, 7) is 5.49. The number of thiazole rings is 1. The summed E-state index contributed by atoms with van der Waals surface area (Å²) >= 11 is 2.68. The van der Waals surface area contributed by atoms with Gasteiger partial charge in [-0.2, -0.15) is 4.31 Å². The van der Waals surface area contributed by atoms with Crippen LogP contribution in [0.4, 0.5) is 5.13 Å². The van der Waals surface area contributed by atoms with Crippen molar-refractivity contribution < 1.29 is 17.9 Å². The van der Waals surface area contributed by atoms with E-state index in [1.807, 2.05) is 19.9 Å². The monoisotopic (exact) mass is 505 g/mol. The summed E-state index contributed by atoms with van der Waals surface area (Å²) in [6.07, 6.45) is 2.95. The van der Waals surface area contributed by atoms with Crippen LogP contribution in [0.2, 0.25) is 0 Å². The van der Waals surface area contributed by atoms with Gasteiger partial charge in [0.2, 0.25) is 5.91 Å². The van der Waals surface area contributed by atoms with Gasteiger partial charge in [0, 0.05) is 13.2 Å². The molecule has 1 aromatic carbocycles. The van der Waals surface area contributed by atoms with Crippen LogP contribution in [0.3, 0.4) is 0 Å². The van der Waals surface area contributed by atoms with Crippen molar-refractivity contribution in [2.24, 2.45) is 0 Å². The number of carbonyl (C=O) groups excluding carboxylic acids is 1. The minimum absolute atomic E-state index is 0.0630. The molecule has 10 heteroatoms. The SMILES string of the molecule is Cc1ccc(C)c2sc(N(CC3CCCO3)C(=O)C3CCCN3S(=O)(=O)c3cccs3)nc12. The number of sulfonamides is 1. The van der Waals surface area contributed by atoms with Gasteiger partial charge in [-0.05, 0) is 62.1 Å². The van der Waals surface area contributed by atoms with Crippen LogP contribution in [0.5, 0.6) is 0 Å². The molecule has 2 aliphatic rings.